The average molecular weight is 957 g/mol. The molecule has 0 saturated heterocycles. The first-order valence-electron chi connectivity index (χ1n) is 31.5. The van der Waals surface area contributed by atoms with E-state index in [4.69, 9.17) is 0 Å². The summed E-state index contributed by atoms with van der Waals surface area (Å²) >= 11 is 0. The van der Waals surface area contributed by atoms with Gasteiger partial charge in [0, 0.05) is 6.42 Å². The minimum atomic E-state index is -0.659. The maximum atomic E-state index is 12.5. The van der Waals surface area contributed by atoms with Crippen LogP contribution in [0.3, 0.4) is 0 Å². The van der Waals surface area contributed by atoms with Gasteiger partial charge < -0.3 is 15.5 Å². The molecular weight excluding hydrogens is 831 g/mol. The highest BCUT2D eigenvalue weighted by Crippen LogP contribution is 2.19. The molecule has 0 aromatic rings. The molecule has 3 N–H and O–H groups in total. The molecule has 0 fully saturated rings. The molecule has 0 aliphatic rings. The van der Waals surface area contributed by atoms with Gasteiger partial charge in [-0.3, -0.25) is 4.79 Å². The molecule has 0 heterocycles. The largest absolute Gasteiger partial charge is 0.394 e. The third-order valence-corrected chi connectivity index (χ3v) is 15.0. The Kier molecular flexibility index (Phi) is 59.2. The number of aliphatic hydroxyl groups excluding tert-OH is 2. The van der Waals surface area contributed by atoms with Crippen LogP contribution in [0, 0.1) is 0 Å². The predicted molar refractivity (Wildman–Crippen MR) is 304 cm³/mol. The number of hydrogen-bond donors (Lipinski definition) is 3. The van der Waals surface area contributed by atoms with E-state index in [1.807, 2.05) is 0 Å². The Hall–Kier alpha value is -1.13. The van der Waals surface area contributed by atoms with Gasteiger partial charge in [-0.15, -0.1) is 0 Å². The van der Waals surface area contributed by atoms with E-state index >= 15 is 0 Å². The van der Waals surface area contributed by atoms with Crippen molar-refractivity contribution < 1.29 is 15.0 Å². The van der Waals surface area contributed by atoms with Crippen molar-refractivity contribution in [3.63, 3.8) is 0 Å². The minimum absolute atomic E-state index is 0.0247. The Morgan fingerprint density at radius 1 is 0.353 bits per heavy atom. The molecule has 0 bridgehead atoms. The number of unbranched alkanes of at least 4 members (excludes halogenated alkanes) is 48. The predicted octanol–water partition coefficient (Wildman–Crippen LogP) is 21.0. The van der Waals surface area contributed by atoms with Crippen LogP contribution in [0.2, 0.25) is 0 Å². The van der Waals surface area contributed by atoms with Gasteiger partial charge in [0.25, 0.3) is 0 Å². The molecular formula is C64H125NO3. The first kappa shape index (κ1) is 66.9. The molecule has 0 spiro atoms. The summed E-state index contributed by atoms with van der Waals surface area (Å²) in [6.07, 6.45) is 80.6. The van der Waals surface area contributed by atoms with Crippen molar-refractivity contribution in [3.8, 4) is 0 Å². The van der Waals surface area contributed by atoms with Crippen molar-refractivity contribution in [2.75, 3.05) is 6.61 Å². The number of rotatable bonds is 59. The van der Waals surface area contributed by atoms with Crippen LogP contribution in [0.5, 0.6) is 0 Å². The number of allylic oxidation sites excluding steroid dienone is 4. The fraction of sp³-hybridized carbons (Fsp3) is 0.922. The fourth-order valence-electron chi connectivity index (χ4n) is 10.2. The van der Waals surface area contributed by atoms with Gasteiger partial charge >= 0.3 is 0 Å². The van der Waals surface area contributed by atoms with Crippen LogP contribution < -0.4 is 5.32 Å². The van der Waals surface area contributed by atoms with Crippen LogP contribution in [0.25, 0.3) is 0 Å². The Labute approximate surface area is 428 Å². The van der Waals surface area contributed by atoms with Crippen LogP contribution in [-0.2, 0) is 4.79 Å². The fourth-order valence-corrected chi connectivity index (χ4v) is 10.2. The van der Waals surface area contributed by atoms with Crippen LogP contribution >= 0.6 is 0 Å². The highest BCUT2D eigenvalue weighted by molar-refractivity contribution is 5.76. The first-order valence-corrected chi connectivity index (χ1v) is 31.5. The average Bonchev–Trinajstić information content (AvgIpc) is 3.34. The number of hydrogen-bond acceptors (Lipinski definition) is 3. The van der Waals surface area contributed by atoms with Crippen molar-refractivity contribution >= 4 is 5.91 Å². The van der Waals surface area contributed by atoms with Crippen LogP contribution in [-0.4, -0.2) is 34.9 Å². The molecule has 0 rings (SSSR count). The highest BCUT2D eigenvalue weighted by atomic mass is 16.3. The number of carbonyl (C=O) groups is 1. The van der Waals surface area contributed by atoms with Crippen LogP contribution in [0.4, 0.5) is 0 Å². The lowest BCUT2D eigenvalue weighted by Crippen LogP contribution is -2.45. The number of carbonyl (C=O) groups excluding carboxylic acids is 1. The summed E-state index contributed by atoms with van der Waals surface area (Å²) in [5, 5.41) is 23.4. The van der Waals surface area contributed by atoms with Crippen molar-refractivity contribution in [2.45, 2.75) is 373 Å². The second-order valence-electron chi connectivity index (χ2n) is 21.8. The topological polar surface area (TPSA) is 69.6 Å². The smallest absolute Gasteiger partial charge is 0.220 e. The van der Waals surface area contributed by atoms with Crippen molar-refractivity contribution in [2.24, 2.45) is 0 Å². The van der Waals surface area contributed by atoms with E-state index in [1.54, 1.807) is 0 Å². The van der Waals surface area contributed by atoms with Gasteiger partial charge in [-0.2, -0.15) is 0 Å². The SMILES string of the molecule is CCCCCCC/C=C\C/C=C\CCCCCCCCCCCCCCCCCC(=O)NC(CO)C(O)CCCCCCCCCCCCCCCCCCCCCCCCCCCCCCC. The second-order valence-corrected chi connectivity index (χ2v) is 21.8. The van der Waals surface area contributed by atoms with Gasteiger partial charge in [0.2, 0.25) is 5.91 Å². The quantitative estimate of drug-likeness (QED) is 0.0420. The number of aliphatic hydroxyl groups is 2. The lowest BCUT2D eigenvalue weighted by molar-refractivity contribution is -0.123. The zero-order chi connectivity index (χ0) is 49.2. The number of nitrogens with one attached hydrogen (secondary N) is 1. The standard InChI is InChI=1S/C64H125NO3/c1-3-5-7-9-11-13-15-17-19-21-23-25-27-29-31-32-34-35-37-39-41-43-45-47-49-51-53-55-57-59-63(67)62(61-66)65-64(68)60-58-56-54-52-50-48-46-44-42-40-38-36-33-30-28-26-24-22-20-18-16-14-12-10-8-6-4-2/h16,18,22,24,62-63,66-67H,3-15,17,19-21,23,25-61H2,1-2H3,(H,65,68)/b18-16-,24-22-. The normalized spacial score (nSPS) is 12.8. The van der Waals surface area contributed by atoms with Gasteiger partial charge in [-0.1, -0.05) is 334 Å². The van der Waals surface area contributed by atoms with Crippen molar-refractivity contribution in [3.05, 3.63) is 24.3 Å². The van der Waals surface area contributed by atoms with E-state index < -0.39 is 12.1 Å². The summed E-state index contributed by atoms with van der Waals surface area (Å²) in [5.74, 6) is -0.0247. The summed E-state index contributed by atoms with van der Waals surface area (Å²) in [6, 6.07) is -0.536. The molecule has 0 aliphatic carbocycles. The minimum Gasteiger partial charge on any atom is -0.394 e. The molecule has 2 atom stereocenters. The summed E-state index contributed by atoms with van der Waals surface area (Å²) in [5.41, 5.74) is 0. The monoisotopic (exact) mass is 956 g/mol. The lowest BCUT2D eigenvalue weighted by atomic mass is 10.0. The molecule has 68 heavy (non-hydrogen) atoms. The summed E-state index contributed by atoms with van der Waals surface area (Å²) in [4.78, 5) is 12.5. The molecule has 0 aliphatic heterocycles. The summed E-state index contributed by atoms with van der Waals surface area (Å²) in [7, 11) is 0. The molecule has 0 aromatic heterocycles. The second kappa shape index (κ2) is 60.2. The summed E-state index contributed by atoms with van der Waals surface area (Å²) < 4.78 is 0. The molecule has 404 valence electrons. The Balaban J connectivity index is 3.40. The summed E-state index contributed by atoms with van der Waals surface area (Å²) in [6.45, 7) is 4.39. The molecule has 0 saturated carbocycles. The highest BCUT2D eigenvalue weighted by Gasteiger charge is 2.20. The van der Waals surface area contributed by atoms with Crippen LogP contribution in [0.1, 0.15) is 361 Å². The molecule has 4 heteroatoms. The molecule has 0 radical (unpaired) electrons. The molecule has 4 nitrogen and oxygen atoms in total. The van der Waals surface area contributed by atoms with Gasteiger partial charge in [0.1, 0.15) is 0 Å². The Morgan fingerprint density at radius 2 is 0.603 bits per heavy atom. The zero-order valence-electron chi connectivity index (χ0n) is 46.7. The van der Waals surface area contributed by atoms with E-state index in [0.29, 0.717) is 12.8 Å². The molecule has 2 unspecified atom stereocenters. The van der Waals surface area contributed by atoms with Crippen LogP contribution in [0.15, 0.2) is 24.3 Å². The number of amides is 1. The van der Waals surface area contributed by atoms with Crippen molar-refractivity contribution in [1.29, 1.82) is 0 Å². The van der Waals surface area contributed by atoms with Gasteiger partial charge in [0.15, 0.2) is 0 Å². The maximum absolute atomic E-state index is 12.5. The van der Waals surface area contributed by atoms with E-state index in [9.17, 15) is 15.0 Å². The van der Waals surface area contributed by atoms with E-state index in [2.05, 4.69) is 43.5 Å². The van der Waals surface area contributed by atoms with E-state index in [1.165, 1.54) is 302 Å². The molecule has 1 amide bonds. The van der Waals surface area contributed by atoms with Gasteiger partial charge in [0.05, 0.1) is 18.8 Å². The third kappa shape index (κ3) is 55.8. The van der Waals surface area contributed by atoms with Crippen molar-refractivity contribution in [1.82, 2.24) is 5.32 Å². The van der Waals surface area contributed by atoms with E-state index in [0.717, 1.165) is 32.1 Å². The molecule has 0 aromatic carbocycles. The maximum Gasteiger partial charge on any atom is 0.220 e. The third-order valence-electron chi connectivity index (χ3n) is 15.0. The first-order chi connectivity index (χ1) is 33.7. The zero-order valence-corrected chi connectivity index (χ0v) is 46.7. The Morgan fingerprint density at radius 3 is 0.882 bits per heavy atom. The Bertz CT molecular complexity index is 994. The van der Waals surface area contributed by atoms with Gasteiger partial charge in [-0.25, -0.2) is 0 Å². The lowest BCUT2D eigenvalue weighted by Gasteiger charge is -2.22. The van der Waals surface area contributed by atoms with E-state index in [-0.39, 0.29) is 12.5 Å². The van der Waals surface area contributed by atoms with Gasteiger partial charge in [-0.05, 0) is 44.9 Å².